The molecule has 0 unspecified atom stereocenters. The number of amides is 1. The lowest BCUT2D eigenvalue weighted by Crippen LogP contribution is -2.27. The normalized spacial score (nSPS) is 12.8. The average Bonchev–Trinajstić information content (AvgIpc) is 1.80. The summed E-state index contributed by atoms with van der Waals surface area (Å²) in [4.78, 5) is 11.2. The molecule has 0 aliphatic carbocycles. The van der Waals surface area contributed by atoms with E-state index in [9.17, 15) is 4.79 Å². The van der Waals surface area contributed by atoms with E-state index in [4.69, 9.17) is 0 Å². The summed E-state index contributed by atoms with van der Waals surface area (Å²) in [6.45, 7) is 10.8. The maximum absolute atomic E-state index is 11.2. The molecule has 1 N–H and O–H groups in total. The third-order valence-corrected chi connectivity index (χ3v) is 2.62. The highest BCUT2D eigenvalue weighted by atomic mass is 32.2. The second kappa shape index (κ2) is 4.36. The number of hydrogen-bond acceptors (Lipinski definition) is 2. The van der Waals surface area contributed by atoms with Crippen molar-refractivity contribution in [1.29, 1.82) is 0 Å². The summed E-state index contributed by atoms with van der Waals surface area (Å²) >= 11 is 1.38. The van der Waals surface area contributed by atoms with E-state index in [2.05, 4.69) is 39.9 Å². The smallest absolute Gasteiger partial charge is 0.279 e. The molecule has 0 aliphatic heterocycles. The Morgan fingerprint density at radius 3 is 2.00 bits per heavy atom. The molecule has 0 aromatic rings. The molecular formula is C10H21NOS. The van der Waals surface area contributed by atoms with Crippen molar-refractivity contribution < 1.29 is 4.79 Å². The fourth-order valence-corrected chi connectivity index (χ4v) is 2.72. The molecule has 0 aliphatic rings. The lowest BCUT2D eigenvalue weighted by molar-refractivity contribution is 0.261. The van der Waals surface area contributed by atoms with Crippen LogP contribution in [0.1, 0.15) is 41.0 Å². The molecule has 1 amide bonds. The van der Waals surface area contributed by atoms with Crippen LogP contribution in [0.2, 0.25) is 0 Å². The van der Waals surface area contributed by atoms with Crippen LogP contribution in [0, 0.1) is 5.41 Å². The summed E-state index contributed by atoms with van der Waals surface area (Å²) in [5.74, 6) is 0. The highest BCUT2D eigenvalue weighted by Gasteiger charge is 2.28. The van der Waals surface area contributed by atoms with Gasteiger partial charge < -0.3 is 5.32 Å². The Labute approximate surface area is 85.9 Å². The number of hydrogen-bond donors (Lipinski definition) is 1. The summed E-state index contributed by atoms with van der Waals surface area (Å²) in [5.41, 5.74) is 0.268. The molecule has 0 bridgehead atoms. The third-order valence-electron chi connectivity index (χ3n) is 1.53. The van der Waals surface area contributed by atoms with Crippen LogP contribution in [0.25, 0.3) is 0 Å². The van der Waals surface area contributed by atoms with Crippen molar-refractivity contribution >= 4 is 17.0 Å². The first kappa shape index (κ1) is 12.8. The summed E-state index contributed by atoms with van der Waals surface area (Å²) in [7, 11) is 1.67. The molecule has 0 atom stereocenters. The summed E-state index contributed by atoms with van der Waals surface area (Å²) in [6.07, 6.45) is 1.03. The predicted molar refractivity (Wildman–Crippen MR) is 60.2 cm³/mol. The quantitative estimate of drug-likeness (QED) is 0.746. The van der Waals surface area contributed by atoms with Gasteiger partial charge in [0.15, 0.2) is 0 Å². The molecule has 13 heavy (non-hydrogen) atoms. The molecule has 0 aromatic heterocycles. The van der Waals surface area contributed by atoms with Crippen molar-refractivity contribution in [2.24, 2.45) is 5.41 Å². The van der Waals surface area contributed by atoms with Gasteiger partial charge in [-0.25, -0.2) is 0 Å². The maximum Gasteiger partial charge on any atom is 0.279 e. The monoisotopic (exact) mass is 203 g/mol. The zero-order valence-corrected chi connectivity index (χ0v) is 10.3. The van der Waals surface area contributed by atoms with Crippen LogP contribution in [-0.4, -0.2) is 17.0 Å². The van der Waals surface area contributed by atoms with E-state index in [1.807, 2.05) is 0 Å². The van der Waals surface area contributed by atoms with Gasteiger partial charge in [-0.1, -0.05) is 46.4 Å². The number of rotatable bonds is 2. The minimum absolute atomic E-state index is 0.0122. The van der Waals surface area contributed by atoms with Crippen LogP contribution in [0.3, 0.4) is 0 Å². The van der Waals surface area contributed by atoms with E-state index in [0.29, 0.717) is 0 Å². The molecule has 0 saturated carbocycles. The first-order chi connectivity index (χ1) is 5.66. The van der Waals surface area contributed by atoms with Crippen molar-refractivity contribution in [3.8, 4) is 0 Å². The van der Waals surface area contributed by atoms with Gasteiger partial charge in [0.2, 0.25) is 0 Å². The van der Waals surface area contributed by atoms with E-state index in [0.717, 1.165) is 6.42 Å². The standard InChI is InChI=1S/C10H21NOS/c1-9(2,3)7-10(4,5)13-8(12)11-6/h7H2,1-6H3,(H,11,12). The van der Waals surface area contributed by atoms with Gasteiger partial charge in [-0.05, 0) is 11.8 Å². The fourth-order valence-electron chi connectivity index (χ4n) is 1.62. The molecule has 0 aromatic carbocycles. The predicted octanol–water partition coefficient (Wildman–Crippen LogP) is 3.27. The molecule has 0 spiro atoms. The summed E-state index contributed by atoms with van der Waals surface area (Å²) < 4.78 is 0.0122. The van der Waals surface area contributed by atoms with Gasteiger partial charge in [0.25, 0.3) is 5.24 Å². The van der Waals surface area contributed by atoms with Crippen LogP contribution >= 0.6 is 11.8 Å². The highest BCUT2D eigenvalue weighted by molar-refractivity contribution is 8.14. The average molecular weight is 203 g/mol. The van der Waals surface area contributed by atoms with Gasteiger partial charge in [-0.2, -0.15) is 0 Å². The zero-order valence-electron chi connectivity index (χ0n) is 9.52. The molecule has 0 heterocycles. The van der Waals surface area contributed by atoms with Crippen LogP contribution in [0.5, 0.6) is 0 Å². The van der Waals surface area contributed by atoms with Crippen molar-refractivity contribution in [2.45, 2.75) is 45.8 Å². The second-order valence-corrected chi connectivity index (χ2v) is 6.82. The Kier molecular flexibility index (Phi) is 4.30. The van der Waals surface area contributed by atoms with E-state index >= 15 is 0 Å². The number of nitrogens with one attached hydrogen (secondary N) is 1. The van der Waals surface area contributed by atoms with Crippen LogP contribution in [-0.2, 0) is 0 Å². The Bertz CT molecular complexity index is 182. The van der Waals surface area contributed by atoms with Gasteiger partial charge in [0.1, 0.15) is 0 Å². The van der Waals surface area contributed by atoms with Gasteiger partial charge >= 0.3 is 0 Å². The maximum atomic E-state index is 11.2. The van der Waals surface area contributed by atoms with Gasteiger partial charge in [-0.15, -0.1) is 0 Å². The lowest BCUT2D eigenvalue weighted by Gasteiger charge is -2.30. The molecule has 78 valence electrons. The first-order valence-electron chi connectivity index (χ1n) is 4.57. The molecule has 0 rings (SSSR count). The highest BCUT2D eigenvalue weighted by Crippen LogP contribution is 2.36. The summed E-state index contributed by atoms with van der Waals surface area (Å²) in [6, 6.07) is 0. The van der Waals surface area contributed by atoms with Crippen molar-refractivity contribution in [2.75, 3.05) is 7.05 Å². The fraction of sp³-hybridized carbons (Fsp3) is 0.900. The van der Waals surface area contributed by atoms with Crippen molar-refractivity contribution in [3.63, 3.8) is 0 Å². The second-order valence-electron chi connectivity index (χ2n) is 5.14. The number of carbonyl (C=O) groups is 1. The Morgan fingerprint density at radius 1 is 1.23 bits per heavy atom. The Balaban J connectivity index is 4.16. The van der Waals surface area contributed by atoms with E-state index in [-0.39, 0.29) is 15.4 Å². The van der Waals surface area contributed by atoms with Crippen LogP contribution in [0.15, 0.2) is 0 Å². The molecule has 3 heteroatoms. The van der Waals surface area contributed by atoms with Gasteiger partial charge in [-0.3, -0.25) is 4.79 Å². The largest absolute Gasteiger partial charge is 0.350 e. The van der Waals surface area contributed by atoms with Crippen molar-refractivity contribution in [3.05, 3.63) is 0 Å². The first-order valence-corrected chi connectivity index (χ1v) is 5.39. The van der Waals surface area contributed by atoms with Crippen LogP contribution in [0.4, 0.5) is 4.79 Å². The van der Waals surface area contributed by atoms with E-state index < -0.39 is 0 Å². The topological polar surface area (TPSA) is 29.1 Å². The SMILES string of the molecule is CNC(=O)SC(C)(C)CC(C)(C)C. The molecule has 0 fully saturated rings. The van der Waals surface area contributed by atoms with E-state index in [1.54, 1.807) is 7.05 Å². The third kappa shape index (κ3) is 6.94. The van der Waals surface area contributed by atoms with Gasteiger partial charge in [0, 0.05) is 11.8 Å². The van der Waals surface area contributed by atoms with Crippen LogP contribution < -0.4 is 5.32 Å². The lowest BCUT2D eigenvalue weighted by atomic mass is 9.86. The number of carbonyl (C=O) groups excluding carboxylic acids is 1. The molecule has 0 saturated heterocycles. The summed E-state index contributed by atoms with van der Waals surface area (Å²) in [5, 5.41) is 2.68. The molecule has 0 radical (unpaired) electrons. The van der Waals surface area contributed by atoms with E-state index in [1.165, 1.54) is 11.8 Å². The zero-order chi connectivity index (χ0) is 10.7. The number of thioether (sulfide) groups is 1. The Morgan fingerprint density at radius 2 is 1.69 bits per heavy atom. The van der Waals surface area contributed by atoms with Crippen molar-refractivity contribution in [1.82, 2.24) is 5.32 Å². The molecular weight excluding hydrogens is 182 g/mol. The minimum atomic E-state index is 0.0122. The Hall–Kier alpha value is -0.180. The molecule has 2 nitrogen and oxygen atoms in total. The minimum Gasteiger partial charge on any atom is -0.350 e. The van der Waals surface area contributed by atoms with Gasteiger partial charge in [0.05, 0.1) is 0 Å².